The van der Waals surface area contributed by atoms with Crippen LogP contribution in [0.25, 0.3) is 20.4 Å². The second kappa shape index (κ2) is 7.06. The lowest BCUT2D eigenvalue weighted by Gasteiger charge is -2.34. The van der Waals surface area contributed by atoms with Crippen LogP contribution in [0.5, 0.6) is 5.75 Å². The van der Waals surface area contributed by atoms with Crippen molar-refractivity contribution >= 4 is 65.0 Å². The number of hydrogen-bond acceptors (Lipinski definition) is 7. The molecule has 0 N–H and O–H groups in total. The van der Waals surface area contributed by atoms with E-state index < -0.39 is 0 Å². The van der Waals surface area contributed by atoms with E-state index >= 15 is 0 Å². The predicted octanol–water partition coefficient (Wildman–Crippen LogP) is 5.20. The second-order valence-corrected chi connectivity index (χ2v) is 9.25. The summed E-state index contributed by atoms with van der Waals surface area (Å²) in [7, 11) is 1.69. The Balaban J connectivity index is 1.34. The fourth-order valence-corrected chi connectivity index (χ4v) is 5.74. The van der Waals surface area contributed by atoms with Gasteiger partial charge in [-0.1, -0.05) is 34.3 Å². The third-order valence-corrected chi connectivity index (χ3v) is 7.71. The van der Waals surface area contributed by atoms with Crippen molar-refractivity contribution in [1.29, 1.82) is 0 Å². The summed E-state index contributed by atoms with van der Waals surface area (Å²) in [5.41, 5.74) is 3.11. The molecule has 0 amide bonds. The normalized spacial score (nSPS) is 15.0. The van der Waals surface area contributed by atoms with E-state index in [0.717, 1.165) is 68.5 Å². The number of anilines is 2. The zero-order valence-electron chi connectivity index (χ0n) is 15.6. The van der Waals surface area contributed by atoms with Gasteiger partial charge in [0.15, 0.2) is 10.3 Å². The number of nitrogens with zero attached hydrogens (tertiary/aromatic N) is 4. The summed E-state index contributed by atoms with van der Waals surface area (Å²) in [5, 5.41) is 2.94. The Morgan fingerprint density at radius 1 is 0.929 bits per heavy atom. The Morgan fingerprint density at radius 2 is 1.61 bits per heavy atom. The molecule has 1 aliphatic rings. The Kier molecular flexibility index (Phi) is 4.53. The second-order valence-electron chi connectivity index (χ2n) is 6.82. The van der Waals surface area contributed by atoms with Crippen molar-refractivity contribution < 1.29 is 4.74 Å². The Morgan fingerprint density at radius 3 is 2.32 bits per heavy atom. The molecule has 0 saturated carbocycles. The van der Waals surface area contributed by atoms with Gasteiger partial charge in [0.2, 0.25) is 0 Å². The lowest BCUT2D eigenvalue weighted by atomic mass is 10.2. The average Bonchev–Trinajstić information content (AvgIpc) is 3.35. The van der Waals surface area contributed by atoms with Crippen LogP contribution in [-0.2, 0) is 0 Å². The Bertz CT molecular complexity index is 1160. The number of piperazine rings is 1. The lowest BCUT2D eigenvalue weighted by molar-refractivity contribution is 0.415. The molecule has 5 nitrogen and oxygen atoms in total. The minimum Gasteiger partial charge on any atom is -0.497 e. The van der Waals surface area contributed by atoms with Crippen molar-refractivity contribution in [2.45, 2.75) is 6.92 Å². The van der Waals surface area contributed by atoms with Gasteiger partial charge in [-0.25, -0.2) is 9.97 Å². The molecular weight excluding hydrogens is 412 g/mol. The molecule has 5 rings (SSSR count). The van der Waals surface area contributed by atoms with Gasteiger partial charge in [0.25, 0.3) is 0 Å². The predicted molar refractivity (Wildman–Crippen MR) is 120 cm³/mol. The molecule has 0 atom stereocenters. The minimum atomic E-state index is 0.779. The highest BCUT2D eigenvalue weighted by atomic mass is 35.5. The number of hydrogen-bond donors (Lipinski definition) is 0. The molecule has 1 fully saturated rings. The maximum Gasteiger partial charge on any atom is 0.186 e. The van der Waals surface area contributed by atoms with Crippen LogP contribution in [0.2, 0.25) is 5.02 Å². The maximum absolute atomic E-state index is 6.25. The molecule has 8 heteroatoms. The molecule has 2 aromatic heterocycles. The van der Waals surface area contributed by atoms with Crippen LogP contribution in [0.15, 0.2) is 30.3 Å². The summed E-state index contributed by atoms with van der Waals surface area (Å²) >= 11 is 9.72. The fraction of sp³-hybridized carbons (Fsp3) is 0.300. The van der Waals surface area contributed by atoms with E-state index in [2.05, 4.69) is 21.9 Å². The molecule has 3 heterocycles. The molecule has 0 bridgehead atoms. The van der Waals surface area contributed by atoms with E-state index in [9.17, 15) is 0 Å². The Hall–Kier alpha value is -2.09. The SMILES string of the molecule is COc1ccc2nc(N3CCN(c4nc5c(C)c(Cl)ccc5s4)CC3)sc2c1. The molecule has 1 saturated heterocycles. The van der Waals surface area contributed by atoms with Crippen LogP contribution in [0, 0.1) is 6.92 Å². The number of aryl methyl sites for hydroxylation is 1. The van der Waals surface area contributed by atoms with E-state index in [4.69, 9.17) is 26.3 Å². The first-order valence-corrected chi connectivity index (χ1v) is 11.1. The third-order valence-electron chi connectivity index (χ3n) is 5.14. The number of rotatable bonds is 3. The number of ether oxygens (including phenoxy) is 1. The first kappa shape index (κ1) is 18.0. The van der Waals surface area contributed by atoms with Crippen molar-refractivity contribution in [2.75, 3.05) is 43.1 Å². The highest BCUT2D eigenvalue weighted by molar-refractivity contribution is 7.22. The molecule has 28 heavy (non-hydrogen) atoms. The first-order chi connectivity index (χ1) is 13.6. The molecule has 0 aliphatic carbocycles. The van der Waals surface area contributed by atoms with Gasteiger partial charge >= 0.3 is 0 Å². The summed E-state index contributed by atoms with van der Waals surface area (Å²) in [5.74, 6) is 0.874. The number of methoxy groups -OCH3 is 1. The summed E-state index contributed by atoms with van der Waals surface area (Å²) in [6, 6.07) is 10.1. The zero-order valence-corrected chi connectivity index (χ0v) is 18.0. The van der Waals surface area contributed by atoms with E-state index in [1.54, 1.807) is 29.8 Å². The number of fused-ring (bicyclic) bond motifs is 2. The molecule has 2 aromatic carbocycles. The number of benzene rings is 2. The van der Waals surface area contributed by atoms with Crippen LogP contribution in [0.4, 0.5) is 10.3 Å². The molecular formula is C20H19ClN4OS2. The summed E-state index contributed by atoms with van der Waals surface area (Å²) in [6.07, 6.45) is 0. The molecule has 144 valence electrons. The topological polar surface area (TPSA) is 41.5 Å². The van der Waals surface area contributed by atoms with Gasteiger partial charge in [-0.3, -0.25) is 0 Å². The first-order valence-electron chi connectivity index (χ1n) is 9.12. The quantitative estimate of drug-likeness (QED) is 0.446. The highest BCUT2D eigenvalue weighted by Gasteiger charge is 2.22. The standard InChI is InChI=1S/C20H19ClN4OS2/c1-12-14(21)4-6-16-18(12)23-20(27-16)25-9-7-24(8-10-25)19-22-15-5-3-13(26-2)11-17(15)28-19/h3-6,11H,7-10H2,1-2H3. The van der Waals surface area contributed by atoms with Crippen molar-refractivity contribution in [3.8, 4) is 5.75 Å². The van der Waals surface area contributed by atoms with Gasteiger partial charge < -0.3 is 14.5 Å². The van der Waals surface area contributed by atoms with Crippen molar-refractivity contribution in [1.82, 2.24) is 9.97 Å². The van der Waals surface area contributed by atoms with E-state index in [1.165, 1.54) is 4.70 Å². The van der Waals surface area contributed by atoms with Crippen LogP contribution in [-0.4, -0.2) is 43.3 Å². The molecule has 0 radical (unpaired) electrons. The average molecular weight is 431 g/mol. The maximum atomic E-state index is 6.25. The molecule has 0 unspecified atom stereocenters. The zero-order chi connectivity index (χ0) is 19.3. The van der Waals surface area contributed by atoms with Crippen LogP contribution in [0.3, 0.4) is 0 Å². The van der Waals surface area contributed by atoms with Crippen LogP contribution in [0.1, 0.15) is 5.56 Å². The van der Waals surface area contributed by atoms with Gasteiger partial charge in [0.1, 0.15) is 5.75 Å². The summed E-state index contributed by atoms with van der Waals surface area (Å²) < 4.78 is 7.68. The highest BCUT2D eigenvalue weighted by Crippen LogP contribution is 2.35. The number of halogens is 1. The van der Waals surface area contributed by atoms with Gasteiger partial charge in [0.05, 0.1) is 27.5 Å². The molecule has 4 aromatic rings. The summed E-state index contributed by atoms with van der Waals surface area (Å²) in [6.45, 7) is 5.78. The Labute approximate surface area is 176 Å². The van der Waals surface area contributed by atoms with Crippen molar-refractivity contribution in [3.05, 3.63) is 40.9 Å². The fourth-order valence-electron chi connectivity index (χ4n) is 3.47. The third kappa shape index (κ3) is 3.07. The largest absolute Gasteiger partial charge is 0.497 e. The molecule has 0 spiro atoms. The number of aromatic nitrogens is 2. The minimum absolute atomic E-state index is 0.779. The van der Waals surface area contributed by atoms with Gasteiger partial charge in [-0.2, -0.15) is 0 Å². The van der Waals surface area contributed by atoms with Crippen molar-refractivity contribution in [2.24, 2.45) is 0 Å². The van der Waals surface area contributed by atoms with Gasteiger partial charge in [0, 0.05) is 31.2 Å². The van der Waals surface area contributed by atoms with Gasteiger partial charge in [-0.15, -0.1) is 0 Å². The molecule has 1 aliphatic heterocycles. The summed E-state index contributed by atoms with van der Waals surface area (Å²) in [4.78, 5) is 14.4. The number of thiazole rings is 2. The van der Waals surface area contributed by atoms with Crippen molar-refractivity contribution in [3.63, 3.8) is 0 Å². The van der Waals surface area contributed by atoms with Crippen LogP contribution < -0.4 is 14.5 Å². The van der Waals surface area contributed by atoms with E-state index in [-0.39, 0.29) is 0 Å². The monoisotopic (exact) mass is 430 g/mol. The lowest BCUT2D eigenvalue weighted by Crippen LogP contribution is -2.46. The van der Waals surface area contributed by atoms with Crippen LogP contribution >= 0.6 is 34.3 Å². The van der Waals surface area contributed by atoms with E-state index in [1.807, 2.05) is 25.1 Å². The van der Waals surface area contributed by atoms with E-state index in [0.29, 0.717) is 0 Å². The van der Waals surface area contributed by atoms with Gasteiger partial charge in [-0.05, 0) is 42.8 Å². The smallest absolute Gasteiger partial charge is 0.186 e.